The third-order valence-corrected chi connectivity index (χ3v) is 3.55. The molecular weight excluding hydrogens is 337 g/mol. The van der Waals surface area contributed by atoms with Crippen molar-refractivity contribution in [3.05, 3.63) is 24.3 Å². The summed E-state index contributed by atoms with van der Waals surface area (Å²) in [5.41, 5.74) is 5.32. The lowest BCUT2D eigenvalue weighted by atomic mass is 9.89. The van der Waals surface area contributed by atoms with E-state index in [0.29, 0.717) is 26.1 Å². The zero-order valence-corrected chi connectivity index (χ0v) is 13.2. The summed E-state index contributed by atoms with van der Waals surface area (Å²) in [5, 5.41) is 0. The van der Waals surface area contributed by atoms with Gasteiger partial charge in [-0.15, -0.1) is 25.6 Å². The number of benzene rings is 1. The minimum atomic E-state index is -4.78. The zero-order valence-electron chi connectivity index (χ0n) is 12.4. The van der Waals surface area contributed by atoms with Crippen molar-refractivity contribution in [3.8, 4) is 5.75 Å². The van der Waals surface area contributed by atoms with Gasteiger partial charge in [0.25, 0.3) is 0 Å². The van der Waals surface area contributed by atoms with Gasteiger partial charge in [-0.2, -0.15) is 0 Å². The van der Waals surface area contributed by atoms with Gasteiger partial charge in [-0.3, -0.25) is 4.79 Å². The van der Waals surface area contributed by atoms with E-state index >= 15 is 0 Å². The Morgan fingerprint density at radius 3 is 2.52 bits per heavy atom. The number of rotatable bonds is 3. The Hall–Kier alpha value is -1.51. The molecule has 0 bridgehead atoms. The van der Waals surface area contributed by atoms with E-state index < -0.39 is 11.9 Å². The van der Waals surface area contributed by atoms with Crippen LogP contribution in [0.15, 0.2) is 24.3 Å². The van der Waals surface area contributed by atoms with Crippen LogP contribution in [0.2, 0.25) is 0 Å². The molecule has 9 heteroatoms. The first kappa shape index (κ1) is 19.5. The summed E-state index contributed by atoms with van der Waals surface area (Å²) in [4.78, 5) is 13.7. The largest absolute Gasteiger partial charge is 0.573 e. The van der Waals surface area contributed by atoms with Crippen LogP contribution in [0.5, 0.6) is 5.75 Å². The summed E-state index contributed by atoms with van der Waals surface area (Å²) in [6, 6.07) is 5.22. The number of hydrogen-bond donors (Lipinski definition) is 1. The molecule has 130 valence electrons. The molecule has 1 aromatic carbocycles. The molecule has 2 N–H and O–H groups in total. The van der Waals surface area contributed by atoms with E-state index in [9.17, 15) is 18.0 Å². The minimum absolute atomic E-state index is 0. The van der Waals surface area contributed by atoms with Gasteiger partial charge in [0, 0.05) is 32.0 Å². The monoisotopic (exact) mass is 354 g/mol. The normalized spacial score (nSPS) is 17.1. The van der Waals surface area contributed by atoms with E-state index in [1.54, 1.807) is 0 Å². The Bertz CT molecular complexity index is 548. The van der Waals surface area contributed by atoms with Gasteiger partial charge >= 0.3 is 6.36 Å². The molecule has 0 spiro atoms. The van der Waals surface area contributed by atoms with E-state index in [2.05, 4.69) is 4.74 Å². The van der Waals surface area contributed by atoms with Crippen LogP contribution in [0.4, 0.5) is 18.9 Å². The lowest BCUT2D eigenvalue weighted by Gasteiger charge is -2.35. The molecule has 0 saturated carbocycles. The number of nitrogens with zero attached hydrogens (tertiary/aromatic N) is 1. The number of anilines is 1. The summed E-state index contributed by atoms with van der Waals surface area (Å²) in [5.74, 6) is -0.748. The first-order valence-corrected chi connectivity index (χ1v) is 6.72. The van der Waals surface area contributed by atoms with Crippen molar-refractivity contribution < 1.29 is 27.4 Å². The second kappa shape index (κ2) is 7.37. The number of halogens is 4. The van der Waals surface area contributed by atoms with E-state index in [4.69, 9.17) is 10.5 Å². The van der Waals surface area contributed by atoms with Crippen molar-refractivity contribution in [2.24, 2.45) is 5.73 Å². The average molecular weight is 355 g/mol. The molecule has 1 amide bonds. The number of amides is 1. The highest BCUT2D eigenvalue weighted by atomic mass is 35.5. The number of carbonyl (C=O) groups excluding carboxylic acids is 1. The van der Waals surface area contributed by atoms with Crippen molar-refractivity contribution >= 4 is 24.0 Å². The SMILES string of the molecule is CN(C(=O)C1(N)CCOCC1)c1cccc(OC(F)(F)F)c1.Cl. The number of likely N-dealkylation sites (N-methyl/N-ethyl adjacent to an activating group) is 1. The molecule has 1 heterocycles. The summed E-state index contributed by atoms with van der Waals surface area (Å²) < 4.78 is 45.8. The minimum Gasteiger partial charge on any atom is -0.406 e. The number of nitrogens with two attached hydrogens (primary N) is 1. The highest BCUT2D eigenvalue weighted by Crippen LogP contribution is 2.28. The fourth-order valence-electron chi connectivity index (χ4n) is 2.29. The fraction of sp³-hybridized carbons (Fsp3) is 0.500. The molecule has 1 saturated heterocycles. The summed E-state index contributed by atoms with van der Waals surface area (Å²) >= 11 is 0. The van der Waals surface area contributed by atoms with Gasteiger partial charge in [-0.1, -0.05) is 6.07 Å². The van der Waals surface area contributed by atoms with Crippen LogP contribution < -0.4 is 15.4 Å². The molecule has 0 atom stereocenters. The number of ether oxygens (including phenoxy) is 2. The van der Waals surface area contributed by atoms with Crippen LogP contribution in [-0.2, 0) is 9.53 Å². The van der Waals surface area contributed by atoms with E-state index in [1.807, 2.05) is 0 Å². The van der Waals surface area contributed by atoms with E-state index in [-0.39, 0.29) is 29.8 Å². The molecule has 5 nitrogen and oxygen atoms in total. The van der Waals surface area contributed by atoms with Crippen molar-refractivity contribution in [1.29, 1.82) is 0 Å². The molecule has 2 rings (SSSR count). The Balaban J connectivity index is 0.00000264. The van der Waals surface area contributed by atoms with Crippen LogP contribution in [0.3, 0.4) is 0 Å². The first-order chi connectivity index (χ1) is 10.2. The molecule has 0 aliphatic carbocycles. The predicted octanol–water partition coefficient (Wildman–Crippen LogP) is 2.48. The van der Waals surface area contributed by atoms with Gasteiger partial charge in [0.2, 0.25) is 5.91 Å². The van der Waals surface area contributed by atoms with Crippen LogP contribution in [0.25, 0.3) is 0 Å². The first-order valence-electron chi connectivity index (χ1n) is 6.72. The van der Waals surface area contributed by atoms with Gasteiger partial charge in [0.05, 0.1) is 0 Å². The van der Waals surface area contributed by atoms with Crippen LogP contribution in [-0.4, -0.2) is 38.1 Å². The van der Waals surface area contributed by atoms with Crippen molar-refractivity contribution in [2.45, 2.75) is 24.7 Å². The topological polar surface area (TPSA) is 64.8 Å². The van der Waals surface area contributed by atoms with Gasteiger partial charge in [0.15, 0.2) is 0 Å². The lowest BCUT2D eigenvalue weighted by Crippen LogP contribution is -2.57. The highest BCUT2D eigenvalue weighted by Gasteiger charge is 2.38. The number of hydrogen-bond acceptors (Lipinski definition) is 4. The molecular formula is C14H18ClF3N2O3. The van der Waals surface area contributed by atoms with Gasteiger partial charge in [-0.25, -0.2) is 0 Å². The standard InChI is InChI=1S/C14H17F3N2O3.ClH/c1-19(12(20)13(18)5-7-21-8-6-13)10-3-2-4-11(9-10)22-14(15,16)17;/h2-4,9H,5-8,18H2,1H3;1H. The number of carbonyl (C=O) groups is 1. The van der Waals surface area contributed by atoms with Crippen molar-refractivity contribution in [3.63, 3.8) is 0 Å². The van der Waals surface area contributed by atoms with Gasteiger partial charge in [-0.05, 0) is 25.0 Å². The van der Waals surface area contributed by atoms with Gasteiger partial charge in [0.1, 0.15) is 11.3 Å². The molecule has 1 aliphatic heterocycles. The Kier molecular flexibility index (Phi) is 6.26. The molecule has 0 unspecified atom stereocenters. The van der Waals surface area contributed by atoms with E-state index in [1.165, 1.54) is 30.1 Å². The molecule has 1 aromatic rings. The molecule has 0 aromatic heterocycles. The van der Waals surface area contributed by atoms with Crippen molar-refractivity contribution in [2.75, 3.05) is 25.2 Å². The smallest absolute Gasteiger partial charge is 0.406 e. The predicted molar refractivity (Wildman–Crippen MR) is 80.8 cm³/mol. The van der Waals surface area contributed by atoms with Crippen molar-refractivity contribution in [1.82, 2.24) is 0 Å². The second-order valence-electron chi connectivity index (χ2n) is 5.18. The maximum absolute atomic E-state index is 12.5. The maximum Gasteiger partial charge on any atom is 0.573 e. The highest BCUT2D eigenvalue weighted by molar-refractivity contribution is 5.99. The quantitative estimate of drug-likeness (QED) is 0.905. The molecule has 23 heavy (non-hydrogen) atoms. The molecule has 0 radical (unpaired) electrons. The van der Waals surface area contributed by atoms with Crippen LogP contribution in [0, 0.1) is 0 Å². The third-order valence-electron chi connectivity index (χ3n) is 3.55. The summed E-state index contributed by atoms with van der Waals surface area (Å²) in [7, 11) is 1.47. The Labute approximate surface area is 137 Å². The molecule has 1 fully saturated rings. The van der Waals surface area contributed by atoms with Gasteiger partial charge < -0.3 is 20.1 Å². The zero-order chi connectivity index (χ0) is 16.4. The Morgan fingerprint density at radius 1 is 1.35 bits per heavy atom. The summed E-state index contributed by atoms with van der Waals surface area (Å²) in [6.45, 7) is 0.764. The van der Waals surface area contributed by atoms with Crippen LogP contribution >= 0.6 is 12.4 Å². The average Bonchev–Trinajstić information content (AvgIpc) is 2.45. The summed E-state index contributed by atoms with van der Waals surface area (Å²) in [6.07, 6.45) is -4.04. The Morgan fingerprint density at radius 2 is 1.96 bits per heavy atom. The number of alkyl halides is 3. The fourth-order valence-corrected chi connectivity index (χ4v) is 2.29. The van der Waals surface area contributed by atoms with Crippen LogP contribution in [0.1, 0.15) is 12.8 Å². The lowest BCUT2D eigenvalue weighted by molar-refractivity contribution is -0.274. The molecule has 1 aliphatic rings. The maximum atomic E-state index is 12.5. The third kappa shape index (κ3) is 4.98. The second-order valence-corrected chi connectivity index (χ2v) is 5.18. The van der Waals surface area contributed by atoms with E-state index in [0.717, 1.165) is 6.07 Å².